The molecule has 0 bridgehead atoms. The van der Waals surface area contributed by atoms with Crippen LogP contribution in [0.2, 0.25) is 0 Å². The molecule has 76 valence electrons. The van der Waals surface area contributed by atoms with E-state index >= 15 is 0 Å². The summed E-state index contributed by atoms with van der Waals surface area (Å²) < 4.78 is 12.6. The fraction of sp³-hybridized carbons (Fsp3) is 0.364. The normalized spacial score (nSPS) is 12.5. The van der Waals surface area contributed by atoms with Crippen molar-refractivity contribution in [2.24, 2.45) is 5.92 Å². The third kappa shape index (κ3) is 3.11. The summed E-state index contributed by atoms with van der Waals surface area (Å²) in [6.45, 7) is 1.91. The number of hydrogen-bond acceptors (Lipinski definition) is 1. The van der Waals surface area contributed by atoms with E-state index in [1.54, 1.807) is 12.1 Å². The van der Waals surface area contributed by atoms with Crippen molar-refractivity contribution >= 4 is 16.8 Å². The van der Waals surface area contributed by atoms with E-state index in [4.69, 9.17) is 11.6 Å². The number of carbonyl (C=O) groups excluding carboxylic acids is 1. The second kappa shape index (κ2) is 5.11. The Hall–Kier alpha value is -0.890. The van der Waals surface area contributed by atoms with E-state index in [2.05, 4.69) is 0 Å². The van der Waals surface area contributed by atoms with Gasteiger partial charge in [-0.2, -0.15) is 0 Å². The van der Waals surface area contributed by atoms with Gasteiger partial charge in [-0.25, -0.2) is 4.39 Å². The molecular weight excluding hydrogens is 203 g/mol. The van der Waals surface area contributed by atoms with E-state index in [1.165, 1.54) is 12.1 Å². The maximum absolute atomic E-state index is 12.6. The summed E-state index contributed by atoms with van der Waals surface area (Å²) in [6, 6.07) is 6.14. The van der Waals surface area contributed by atoms with Gasteiger partial charge in [-0.3, -0.25) is 4.79 Å². The molecule has 0 aliphatic heterocycles. The highest BCUT2D eigenvalue weighted by atomic mass is 35.5. The van der Waals surface area contributed by atoms with Crippen LogP contribution in [0.25, 0.3) is 0 Å². The first-order valence-electron chi connectivity index (χ1n) is 4.57. The smallest absolute Gasteiger partial charge is 0.225 e. The lowest BCUT2D eigenvalue weighted by Gasteiger charge is -2.09. The summed E-state index contributed by atoms with van der Waals surface area (Å²) in [5.41, 5.74) is 0.937. The first-order chi connectivity index (χ1) is 6.63. The average molecular weight is 215 g/mol. The van der Waals surface area contributed by atoms with E-state index in [0.717, 1.165) is 5.56 Å². The molecule has 0 spiro atoms. The molecular formula is C11H12ClFO. The summed E-state index contributed by atoms with van der Waals surface area (Å²) in [4.78, 5) is 10.9. The molecule has 0 radical (unpaired) electrons. The molecule has 14 heavy (non-hydrogen) atoms. The van der Waals surface area contributed by atoms with E-state index in [1.807, 2.05) is 6.92 Å². The monoisotopic (exact) mass is 214 g/mol. The SMILES string of the molecule is CCC(Cc1ccc(F)cc1)C(=O)Cl. The van der Waals surface area contributed by atoms with E-state index < -0.39 is 0 Å². The molecule has 0 fully saturated rings. The van der Waals surface area contributed by atoms with E-state index in [0.29, 0.717) is 12.8 Å². The number of rotatable bonds is 4. The standard InChI is InChI=1S/C11H12ClFO/c1-2-9(11(12)14)7-8-3-5-10(13)6-4-8/h3-6,9H,2,7H2,1H3. The Balaban J connectivity index is 2.67. The summed E-state index contributed by atoms with van der Waals surface area (Å²) in [7, 11) is 0. The lowest BCUT2D eigenvalue weighted by Crippen LogP contribution is -2.10. The predicted octanol–water partition coefficient (Wildman–Crippen LogP) is 3.16. The van der Waals surface area contributed by atoms with Crippen molar-refractivity contribution in [2.75, 3.05) is 0 Å². The van der Waals surface area contributed by atoms with Crippen molar-refractivity contribution in [3.8, 4) is 0 Å². The van der Waals surface area contributed by atoms with Crippen molar-refractivity contribution in [1.29, 1.82) is 0 Å². The molecule has 0 aliphatic rings. The highest BCUT2D eigenvalue weighted by Gasteiger charge is 2.14. The van der Waals surface area contributed by atoms with Gasteiger partial charge < -0.3 is 0 Å². The summed E-state index contributed by atoms with van der Waals surface area (Å²) >= 11 is 5.41. The Kier molecular flexibility index (Phi) is 4.08. The van der Waals surface area contributed by atoms with Crippen molar-refractivity contribution in [3.63, 3.8) is 0 Å². The lowest BCUT2D eigenvalue weighted by atomic mass is 9.98. The van der Waals surface area contributed by atoms with Gasteiger partial charge in [0.2, 0.25) is 5.24 Å². The van der Waals surface area contributed by atoms with Crippen molar-refractivity contribution in [2.45, 2.75) is 19.8 Å². The predicted molar refractivity (Wildman–Crippen MR) is 54.7 cm³/mol. The second-order valence-electron chi connectivity index (χ2n) is 3.24. The molecule has 1 rings (SSSR count). The molecule has 0 aromatic heterocycles. The number of benzene rings is 1. The number of hydrogen-bond donors (Lipinski definition) is 0. The maximum Gasteiger partial charge on any atom is 0.225 e. The van der Waals surface area contributed by atoms with Crippen LogP contribution in [0, 0.1) is 11.7 Å². The Labute approximate surface area is 87.9 Å². The Bertz CT molecular complexity index is 308. The molecule has 1 nitrogen and oxygen atoms in total. The van der Waals surface area contributed by atoms with Gasteiger partial charge in [0, 0.05) is 5.92 Å². The first-order valence-corrected chi connectivity index (χ1v) is 4.95. The highest BCUT2D eigenvalue weighted by Crippen LogP contribution is 2.15. The topological polar surface area (TPSA) is 17.1 Å². The third-order valence-corrected chi connectivity index (χ3v) is 2.52. The van der Waals surface area contributed by atoms with Crippen molar-refractivity contribution < 1.29 is 9.18 Å². The van der Waals surface area contributed by atoms with Gasteiger partial charge in [-0.1, -0.05) is 19.1 Å². The zero-order chi connectivity index (χ0) is 10.6. The summed E-state index contributed by atoms with van der Waals surface area (Å²) in [6.07, 6.45) is 1.29. The number of carbonyl (C=O) groups is 1. The minimum absolute atomic E-state index is 0.165. The number of halogens is 2. The molecule has 1 aromatic carbocycles. The van der Waals surface area contributed by atoms with E-state index in [9.17, 15) is 9.18 Å². The van der Waals surface area contributed by atoms with Crippen LogP contribution in [-0.4, -0.2) is 5.24 Å². The Morgan fingerprint density at radius 1 is 1.43 bits per heavy atom. The summed E-state index contributed by atoms with van der Waals surface area (Å²) in [5.74, 6) is -0.430. The first kappa shape index (κ1) is 11.2. The molecule has 0 aliphatic carbocycles. The van der Waals surface area contributed by atoms with Gasteiger partial charge in [0.1, 0.15) is 5.82 Å². The van der Waals surface area contributed by atoms with Crippen molar-refractivity contribution in [3.05, 3.63) is 35.6 Å². The fourth-order valence-electron chi connectivity index (χ4n) is 1.29. The fourth-order valence-corrected chi connectivity index (χ4v) is 1.52. The molecule has 1 atom stereocenters. The third-order valence-electron chi connectivity index (χ3n) is 2.21. The van der Waals surface area contributed by atoms with Gasteiger partial charge >= 0.3 is 0 Å². The highest BCUT2D eigenvalue weighted by molar-refractivity contribution is 6.63. The minimum atomic E-state index is -0.322. The zero-order valence-corrected chi connectivity index (χ0v) is 8.72. The van der Waals surface area contributed by atoms with Crippen LogP contribution in [0.1, 0.15) is 18.9 Å². The molecule has 0 amide bonds. The molecule has 0 saturated heterocycles. The Morgan fingerprint density at radius 2 is 2.00 bits per heavy atom. The van der Waals surface area contributed by atoms with Crippen LogP contribution in [0.3, 0.4) is 0 Å². The van der Waals surface area contributed by atoms with Gasteiger partial charge in [-0.15, -0.1) is 0 Å². The van der Waals surface area contributed by atoms with E-state index in [-0.39, 0.29) is 17.0 Å². The van der Waals surface area contributed by atoms with Crippen LogP contribution in [0.5, 0.6) is 0 Å². The van der Waals surface area contributed by atoms with Gasteiger partial charge in [0.15, 0.2) is 0 Å². The van der Waals surface area contributed by atoms with Gasteiger partial charge in [0.05, 0.1) is 0 Å². The van der Waals surface area contributed by atoms with Crippen molar-refractivity contribution in [1.82, 2.24) is 0 Å². The molecule has 3 heteroatoms. The van der Waals surface area contributed by atoms with Crippen LogP contribution < -0.4 is 0 Å². The van der Waals surface area contributed by atoms with Crippen LogP contribution in [0.4, 0.5) is 4.39 Å². The molecule has 1 aromatic rings. The van der Waals surface area contributed by atoms with Crippen LogP contribution in [0.15, 0.2) is 24.3 Å². The average Bonchev–Trinajstić information content (AvgIpc) is 2.16. The maximum atomic E-state index is 12.6. The molecule has 0 saturated carbocycles. The quantitative estimate of drug-likeness (QED) is 0.704. The minimum Gasteiger partial charge on any atom is -0.281 e. The second-order valence-corrected chi connectivity index (χ2v) is 3.61. The van der Waals surface area contributed by atoms with Crippen LogP contribution in [-0.2, 0) is 11.2 Å². The lowest BCUT2D eigenvalue weighted by molar-refractivity contribution is -0.115. The van der Waals surface area contributed by atoms with Crippen LogP contribution >= 0.6 is 11.6 Å². The van der Waals surface area contributed by atoms with Gasteiger partial charge in [-0.05, 0) is 42.1 Å². The molecule has 0 heterocycles. The summed E-state index contributed by atoms with van der Waals surface area (Å²) in [5, 5.41) is -0.322. The largest absolute Gasteiger partial charge is 0.281 e. The molecule has 0 N–H and O–H groups in total. The Morgan fingerprint density at radius 3 is 2.43 bits per heavy atom. The van der Waals surface area contributed by atoms with Gasteiger partial charge in [0.25, 0.3) is 0 Å². The molecule has 1 unspecified atom stereocenters. The zero-order valence-electron chi connectivity index (χ0n) is 7.97.